The first-order valence-corrected chi connectivity index (χ1v) is 7.39. The van der Waals surface area contributed by atoms with Crippen LogP contribution in [0.2, 0.25) is 0 Å². The van der Waals surface area contributed by atoms with Crippen molar-refractivity contribution >= 4 is 11.6 Å². The highest BCUT2D eigenvalue weighted by Gasteiger charge is 2.28. The van der Waals surface area contributed by atoms with Crippen LogP contribution in [0.4, 0.5) is 11.6 Å². The fourth-order valence-electron chi connectivity index (χ4n) is 2.17. The van der Waals surface area contributed by atoms with Crippen LogP contribution in [-0.2, 0) is 6.54 Å². The van der Waals surface area contributed by atoms with Gasteiger partial charge in [0, 0.05) is 24.2 Å². The van der Waals surface area contributed by atoms with Crippen molar-refractivity contribution < 1.29 is 0 Å². The SMILES string of the molecule is CCNc1nc(C2CC2)nc(NCc2ccncn2)c1C. The smallest absolute Gasteiger partial charge is 0.136 e. The maximum atomic E-state index is 4.69. The van der Waals surface area contributed by atoms with E-state index in [2.05, 4.69) is 37.5 Å². The van der Waals surface area contributed by atoms with Crippen molar-refractivity contribution in [3.05, 3.63) is 35.7 Å². The molecule has 0 unspecified atom stereocenters. The predicted molar refractivity (Wildman–Crippen MR) is 82.3 cm³/mol. The molecule has 1 aliphatic rings. The third-order valence-electron chi connectivity index (χ3n) is 3.53. The van der Waals surface area contributed by atoms with E-state index in [0.717, 1.165) is 35.3 Å². The van der Waals surface area contributed by atoms with Gasteiger partial charge in [0.2, 0.25) is 0 Å². The van der Waals surface area contributed by atoms with E-state index in [1.807, 2.05) is 13.0 Å². The van der Waals surface area contributed by atoms with Crippen LogP contribution < -0.4 is 10.6 Å². The fraction of sp³-hybridized carbons (Fsp3) is 0.467. The first-order valence-electron chi connectivity index (χ1n) is 7.39. The Morgan fingerprint density at radius 1 is 1.19 bits per heavy atom. The molecule has 0 radical (unpaired) electrons. The zero-order valence-electron chi connectivity index (χ0n) is 12.4. The van der Waals surface area contributed by atoms with Gasteiger partial charge >= 0.3 is 0 Å². The van der Waals surface area contributed by atoms with Gasteiger partial charge in [0.1, 0.15) is 23.8 Å². The molecule has 0 bridgehead atoms. The number of nitrogens with zero attached hydrogens (tertiary/aromatic N) is 4. The summed E-state index contributed by atoms with van der Waals surface area (Å²) in [7, 11) is 0. The monoisotopic (exact) mass is 284 g/mol. The van der Waals surface area contributed by atoms with Crippen molar-refractivity contribution in [2.75, 3.05) is 17.2 Å². The van der Waals surface area contributed by atoms with Gasteiger partial charge in [-0.1, -0.05) is 0 Å². The third-order valence-corrected chi connectivity index (χ3v) is 3.53. The Bertz CT molecular complexity index is 609. The lowest BCUT2D eigenvalue weighted by Gasteiger charge is -2.14. The van der Waals surface area contributed by atoms with E-state index in [9.17, 15) is 0 Å². The standard InChI is InChI=1S/C15H20N6/c1-3-17-13-10(2)14(21-15(20-13)11-4-5-11)18-8-12-6-7-16-9-19-12/h6-7,9,11H,3-5,8H2,1-2H3,(H2,17,18,20,21). The van der Waals surface area contributed by atoms with Crippen LogP contribution in [-0.4, -0.2) is 26.5 Å². The maximum absolute atomic E-state index is 4.69. The van der Waals surface area contributed by atoms with Gasteiger partial charge < -0.3 is 10.6 Å². The second kappa shape index (κ2) is 6.03. The summed E-state index contributed by atoms with van der Waals surface area (Å²) < 4.78 is 0. The van der Waals surface area contributed by atoms with Crippen molar-refractivity contribution in [2.24, 2.45) is 0 Å². The van der Waals surface area contributed by atoms with Gasteiger partial charge in [0.25, 0.3) is 0 Å². The average Bonchev–Trinajstić information content (AvgIpc) is 3.34. The minimum absolute atomic E-state index is 0.530. The molecule has 0 atom stereocenters. The Balaban J connectivity index is 1.82. The number of hydrogen-bond donors (Lipinski definition) is 2. The van der Waals surface area contributed by atoms with Gasteiger partial charge in [-0.05, 0) is 32.8 Å². The van der Waals surface area contributed by atoms with Gasteiger partial charge in [-0.3, -0.25) is 0 Å². The molecule has 2 aromatic rings. The zero-order valence-corrected chi connectivity index (χ0v) is 12.4. The van der Waals surface area contributed by atoms with Crippen LogP contribution in [0.5, 0.6) is 0 Å². The lowest BCUT2D eigenvalue weighted by molar-refractivity contribution is 0.903. The predicted octanol–water partition coefficient (Wildman–Crippen LogP) is 2.50. The number of hydrogen-bond acceptors (Lipinski definition) is 6. The van der Waals surface area contributed by atoms with E-state index in [1.54, 1.807) is 12.5 Å². The van der Waals surface area contributed by atoms with Crippen molar-refractivity contribution in [1.29, 1.82) is 0 Å². The van der Waals surface area contributed by atoms with Crippen LogP contribution in [0.3, 0.4) is 0 Å². The molecule has 0 aromatic carbocycles. The van der Waals surface area contributed by atoms with E-state index >= 15 is 0 Å². The molecule has 6 nitrogen and oxygen atoms in total. The summed E-state index contributed by atoms with van der Waals surface area (Å²) in [6.45, 7) is 5.60. The Morgan fingerprint density at radius 3 is 2.57 bits per heavy atom. The summed E-state index contributed by atoms with van der Waals surface area (Å²) in [5.74, 6) is 3.30. The zero-order chi connectivity index (χ0) is 14.7. The molecular formula is C15H20N6. The highest BCUT2D eigenvalue weighted by Crippen LogP contribution is 2.39. The molecule has 6 heteroatoms. The summed E-state index contributed by atoms with van der Waals surface area (Å²) in [6.07, 6.45) is 5.69. The molecule has 1 saturated carbocycles. The molecule has 0 spiro atoms. The summed E-state index contributed by atoms with van der Waals surface area (Å²) >= 11 is 0. The summed E-state index contributed by atoms with van der Waals surface area (Å²) in [6, 6.07) is 1.90. The van der Waals surface area contributed by atoms with Crippen molar-refractivity contribution in [1.82, 2.24) is 19.9 Å². The first kappa shape index (κ1) is 13.7. The Kier molecular flexibility index (Phi) is 3.94. The lowest BCUT2D eigenvalue weighted by Crippen LogP contribution is -2.11. The van der Waals surface area contributed by atoms with Crippen molar-refractivity contribution in [3.8, 4) is 0 Å². The second-order valence-corrected chi connectivity index (χ2v) is 5.26. The van der Waals surface area contributed by atoms with E-state index in [-0.39, 0.29) is 0 Å². The quantitative estimate of drug-likeness (QED) is 0.849. The molecule has 0 aliphatic heterocycles. The number of nitrogens with one attached hydrogen (secondary N) is 2. The average molecular weight is 284 g/mol. The molecule has 2 heterocycles. The third kappa shape index (κ3) is 3.26. The largest absolute Gasteiger partial charge is 0.370 e. The molecule has 1 fully saturated rings. The van der Waals surface area contributed by atoms with E-state index in [0.29, 0.717) is 12.5 Å². The van der Waals surface area contributed by atoms with Crippen LogP contribution in [0.25, 0.3) is 0 Å². The molecule has 0 amide bonds. The molecule has 2 aromatic heterocycles. The minimum Gasteiger partial charge on any atom is -0.370 e. The second-order valence-electron chi connectivity index (χ2n) is 5.26. The minimum atomic E-state index is 0.530. The topological polar surface area (TPSA) is 75.6 Å². The van der Waals surface area contributed by atoms with Crippen molar-refractivity contribution in [2.45, 2.75) is 39.2 Å². The number of rotatable bonds is 6. The van der Waals surface area contributed by atoms with Gasteiger partial charge in [0.05, 0.1) is 12.2 Å². The Labute approximate surface area is 124 Å². The molecule has 1 aliphatic carbocycles. The van der Waals surface area contributed by atoms with Gasteiger partial charge in [-0.25, -0.2) is 19.9 Å². The molecule has 2 N–H and O–H groups in total. The Morgan fingerprint density at radius 2 is 1.95 bits per heavy atom. The maximum Gasteiger partial charge on any atom is 0.136 e. The molecule has 3 rings (SSSR count). The van der Waals surface area contributed by atoms with E-state index in [1.165, 1.54) is 12.8 Å². The summed E-state index contributed by atoms with van der Waals surface area (Å²) in [4.78, 5) is 17.5. The summed E-state index contributed by atoms with van der Waals surface area (Å²) in [5, 5.41) is 6.69. The highest BCUT2D eigenvalue weighted by molar-refractivity contribution is 5.57. The normalized spacial score (nSPS) is 14.0. The Hall–Kier alpha value is -2.24. The van der Waals surface area contributed by atoms with Crippen molar-refractivity contribution in [3.63, 3.8) is 0 Å². The highest BCUT2D eigenvalue weighted by atomic mass is 15.1. The molecule has 21 heavy (non-hydrogen) atoms. The van der Waals surface area contributed by atoms with Gasteiger partial charge in [-0.2, -0.15) is 0 Å². The molecule has 110 valence electrons. The van der Waals surface area contributed by atoms with Gasteiger partial charge in [-0.15, -0.1) is 0 Å². The van der Waals surface area contributed by atoms with Crippen LogP contribution in [0, 0.1) is 6.92 Å². The van der Waals surface area contributed by atoms with Crippen LogP contribution in [0.1, 0.15) is 42.8 Å². The molecular weight excluding hydrogens is 264 g/mol. The van der Waals surface area contributed by atoms with Gasteiger partial charge in [0.15, 0.2) is 0 Å². The van der Waals surface area contributed by atoms with E-state index in [4.69, 9.17) is 0 Å². The first-order chi connectivity index (χ1) is 10.3. The molecule has 0 saturated heterocycles. The lowest BCUT2D eigenvalue weighted by atomic mass is 10.2. The van der Waals surface area contributed by atoms with E-state index < -0.39 is 0 Å². The number of anilines is 2. The summed E-state index contributed by atoms with van der Waals surface area (Å²) in [5.41, 5.74) is 2.00. The fourth-order valence-corrected chi connectivity index (χ4v) is 2.17. The van der Waals surface area contributed by atoms with Crippen LogP contribution >= 0.6 is 0 Å². The number of aromatic nitrogens is 4. The van der Waals surface area contributed by atoms with Crippen LogP contribution in [0.15, 0.2) is 18.6 Å².